The zero-order valence-electron chi connectivity index (χ0n) is 7.38. The third-order valence-electron chi connectivity index (χ3n) is 3.24. The average Bonchev–Trinajstić information content (AvgIpc) is 2.18. The summed E-state index contributed by atoms with van der Waals surface area (Å²) in [5.41, 5.74) is 0.0382. The van der Waals surface area contributed by atoms with Gasteiger partial charge in [0.1, 0.15) is 0 Å². The van der Waals surface area contributed by atoms with Crippen LogP contribution in [-0.4, -0.2) is 37.5 Å². The number of nitrogens with one attached hydrogen (secondary N) is 1. The number of rotatable bonds is 1. The predicted octanol–water partition coefficient (Wildman–Crippen LogP) is 0.137. The monoisotopic (exact) mass is 171 g/mol. The van der Waals surface area contributed by atoms with Gasteiger partial charge in [0.05, 0.1) is 13.2 Å². The van der Waals surface area contributed by atoms with Crippen LogP contribution < -0.4 is 5.32 Å². The van der Waals surface area contributed by atoms with Crippen molar-refractivity contribution >= 4 is 0 Å². The molecule has 2 N–H and O–H groups in total. The summed E-state index contributed by atoms with van der Waals surface area (Å²) in [7, 11) is 0. The summed E-state index contributed by atoms with van der Waals surface area (Å²) in [6, 6.07) is 0.491. The number of ether oxygens (including phenoxy) is 1. The Hall–Kier alpha value is -0.120. The van der Waals surface area contributed by atoms with Crippen molar-refractivity contribution in [3.8, 4) is 0 Å². The smallest absolute Gasteiger partial charge is 0.0559 e. The number of hydrogen-bond donors (Lipinski definition) is 2. The lowest BCUT2D eigenvalue weighted by atomic mass is 9.73. The van der Waals surface area contributed by atoms with Crippen LogP contribution in [0, 0.1) is 5.41 Å². The van der Waals surface area contributed by atoms with Gasteiger partial charge in [-0.25, -0.2) is 0 Å². The largest absolute Gasteiger partial charge is 0.396 e. The summed E-state index contributed by atoms with van der Waals surface area (Å²) in [6.45, 7) is 2.96. The molecule has 2 saturated heterocycles. The van der Waals surface area contributed by atoms with Crippen LogP contribution in [0.4, 0.5) is 0 Å². The highest BCUT2D eigenvalue weighted by Gasteiger charge is 2.42. The highest BCUT2D eigenvalue weighted by Crippen LogP contribution is 2.35. The van der Waals surface area contributed by atoms with Gasteiger partial charge in [-0.15, -0.1) is 0 Å². The summed E-state index contributed by atoms with van der Waals surface area (Å²) in [5.74, 6) is 0. The molecule has 2 unspecified atom stereocenters. The molecule has 0 aromatic rings. The SMILES string of the molecule is OCC12CCCNC1CCOC2. The topological polar surface area (TPSA) is 41.5 Å². The molecule has 0 saturated carbocycles. The van der Waals surface area contributed by atoms with Crippen molar-refractivity contribution in [1.29, 1.82) is 0 Å². The van der Waals surface area contributed by atoms with Gasteiger partial charge in [0.2, 0.25) is 0 Å². The molecule has 2 atom stereocenters. The fraction of sp³-hybridized carbons (Fsp3) is 1.00. The molecule has 2 rings (SSSR count). The second kappa shape index (κ2) is 3.32. The summed E-state index contributed by atoms with van der Waals surface area (Å²) < 4.78 is 5.43. The van der Waals surface area contributed by atoms with Crippen LogP contribution in [0.5, 0.6) is 0 Å². The zero-order chi connectivity index (χ0) is 8.44. The minimum atomic E-state index is 0.0382. The third kappa shape index (κ3) is 1.26. The highest BCUT2D eigenvalue weighted by molar-refractivity contribution is 4.96. The molecular weight excluding hydrogens is 154 g/mol. The molecule has 0 aliphatic carbocycles. The van der Waals surface area contributed by atoms with Crippen molar-refractivity contribution in [1.82, 2.24) is 5.32 Å². The Labute approximate surface area is 73.1 Å². The van der Waals surface area contributed by atoms with Crippen molar-refractivity contribution in [2.45, 2.75) is 25.3 Å². The van der Waals surface area contributed by atoms with Gasteiger partial charge in [0, 0.05) is 18.1 Å². The van der Waals surface area contributed by atoms with E-state index in [2.05, 4.69) is 5.32 Å². The van der Waals surface area contributed by atoms with Gasteiger partial charge in [0.25, 0.3) is 0 Å². The second-order valence-electron chi connectivity index (χ2n) is 3.97. The van der Waals surface area contributed by atoms with Gasteiger partial charge in [-0.3, -0.25) is 0 Å². The van der Waals surface area contributed by atoms with Crippen molar-refractivity contribution in [3.05, 3.63) is 0 Å². The van der Waals surface area contributed by atoms with E-state index < -0.39 is 0 Å². The molecule has 0 spiro atoms. The van der Waals surface area contributed by atoms with Crippen molar-refractivity contribution in [3.63, 3.8) is 0 Å². The van der Waals surface area contributed by atoms with Gasteiger partial charge in [-0.1, -0.05) is 0 Å². The van der Waals surface area contributed by atoms with E-state index in [0.29, 0.717) is 6.04 Å². The first kappa shape index (κ1) is 8.48. The van der Waals surface area contributed by atoms with Gasteiger partial charge >= 0.3 is 0 Å². The van der Waals surface area contributed by atoms with Crippen molar-refractivity contribution in [2.24, 2.45) is 5.41 Å². The highest BCUT2D eigenvalue weighted by atomic mass is 16.5. The molecule has 2 fully saturated rings. The van der Waals surface area contributed by atoms with E-state index in [-0.39, 0.29) is 12.0 Å². The molecule has 3 nitrogen and oxygen atoms in total. The lowest BCUT2D eigenvalue weighted by Gasteiger charge is -2.46. The molecule has 0 aromatic heterocycles. The Balaban J connectivity index is 2.10. The summed E-state index contributed by atoms with van der Waals surface area (Å²) in [5, 5.41) is 12.8. The van der Waals surface area contributed by atoms with Gasteiger partial charge in [-0.2, -0.15) is 0 Å². The van der Waals surface area contributed by atoms with E-state index in [0.717, 1.165) is 32.6 Å². The van der Waals surface area contributed by atoms with Crippen LogP contribution >= 0.6 is 0 Å². The van der Waals surface area contributed by atoms with Crippen molar-refractivity contribution < 1.29 is 9.84 Å². The third-order valence-corrected chi connectivity index (χ3v) is 3.24. The number of hydrogen-bond acceptors (Lipinski definition) is 3. The van der Waals surface area contributed by atoms with Gasteiger partial charge < -0.3 is 15.2 Å². The lowest BCUT2D eigenvalue weighted by Crippen LogP contribution is -2.57. The fourth-order valence-corrected chi connectivity index (χ4v) is 2.40. The maximum Gasteiger partial charge on any atom is 0.0559 e. The normalized spacial score (nSPS) is 42.2. The molecule has 0 amide bonds. The quantitative estimate of drug-likeness (QED) is 0.589. The van der Waals surface area contributed by atoms with E-state index in [1.165, 1.54) is 6.42 Å². The number of aliphatic hydroxyl groups excluding tert-OH is 1. The molecule has 2 aliphatic heterocycles. The fourth-order valence-electron chi connectivity index (χ4n) is 2.40. The van der Waals surface area contributed by atoms with Crippen LogP contribution in [0.1, 0.15) is 19.3 Å². The zero-order valence-corrected chi connectivity index (χ0v) is 7.38. The minimum absolute atomic E-state index is 0.0382. The Bertz CT molecular complexity index is 149. The Morgan fingerprint density at radius 2 is 2.50 bits per heavy atom. The first-order valence-electron chi connectivity index (χ1n) is 4.79. The molecule has 0 radical (unpaired) electrons. The molecule has 3 heteroatoms. The lowest BCUT2D eigenvalue weighted by molar-refractivity contribution is -0.0772. The van der Waals surface area contributed by atoms with Crippen LogP contribution in [0.25, 0.3) is 0 Å². The van der Waals surface area contributed by atoms with Crippen molar-refractivity contribution in [2.75, 3.05) is 26.4 Å². The van der Waals surface area contributed by atoms with Gasteiger partial charge in [0.15, 0.2) is 0 Å². The molecule has 70 valence electrons. The van der Waals surface area contributed by atoms with E-state index in [1.807, 2.05) is 0 Å². The Morgan fingerprint density at radius 3 is 3.25 bits per heavy atom. The van der Waals surface area contributed by atoms with E-state index >= 15 is 0 Å². The molecular formula is C9H17NO2. The standard InChI is InChI=1S/C9H17NO2/c11-6-9-3-1-4-10-8(9)2-5-12-7-9/h8,10-11H,1-7H2. The maximum absolute atomic E-state index is 9.36. The minimum Gasteiger partial charge on any atom is -0.396 e. The summed E-state index contributed by atoms with van der Waals surface area (Å²) in [4.78, 5) is 0. The molecule has 0 aromatic carbocycles. The van der Waals surface area contributed by atoms with E-state index in [9.17, 15) is 5.11 Å². The average molecular weight is 171 g/mol. The number of fused-ring (bicyclic) bond motifs is 1. The number of piperidine rings is 1. The Morgan fingerprint density at radius 1 is 1.58 bits per heavy atom. The summed E-state index contributed by atoms with van der Waals surface area (Å²) >= 11 is 0. The molecule has 2 heterocycles. The van der Waals surface area contributed by atoms with Crippen LogP contribution in [0.3, 0.4) is 0 Å². The maximum atomic E-state index is 9.36. The second-order valence-corrected chi connectivity index (χ2v) is 3.97. The van der Waals surface area contributed by atoms with E-state index in [4.69, 9.17) is 4.74 Å². The molecule has 0 bridgehead atoms. The summed E-state index contributed by atoms with van der Waals surface area (Å²) in [6.07, 6.45) is 3.34. The van der Waals surface area contributed by atoms with Crippen LogP contribution in [0.15, 0.2) is 0 Å². The molecule has 12 heavy (non-hydrogen) atoms. The number of aliphatic hydroxyl groups is 1. The first-order valence-corrected chi connectivity index (χ1v) is 4.79. The van der Waals surface area contributed by atoms with E-state index in [1.54, 1.807) is 0 Å². The van der Waals surface area contributed by atoms with Crippen LogP contribution in [-0.2, 0) is 4.74 Å². The Kier molecular flexibility index (Phi) is 2.35. The van der Waals surface area contributed by atoms with Crippen LogP contribution in [0.2, 0.25) is 0 Å². The first-order chi connectivity index (χ1) is 5.87. The molecule has 2 aliphatic rings. The van der Waals surface area contributed by atoms with Gasteiger partial charge in [-0.05, 0) is 25.8 Å². The predicted molar refractivity (Wildman–Crippen MR) is 46.0 cm³/mol.